The molecule has 0 heterocycles. The maximum Gasteiger partial charge on any atom is 0.120 e. The predicted molar refractivity (Wildman–Crippen MR) is 76.3 cm³/mol. The molecule has 0 aromatic heterocycles. The van der Waals surface area contributed by atoms with E-state index < -0.39 is 0 Å². The van der Waals surface area contributed by atoms with Crippen LogP contribution in [0.15, 0.2) is 0 Å². The monoisotopic (exact) mass is 240 g/mol. The standard InChI is InChI=1S/C16H32O/c1-3-5-7-8-9-10-13-16(12-6-4-2)14-11-15-17/h15-16H,3-14H2,1-2H3. The number of carbonyl (C=O) groups excluding carboxylic acids is 1. The highest BCUT2D eigenvalue weighted by Gasteiger charge is 2.07. The Morgan fingerprint density at radius 3 is 2.00 bits per heavy atom. The summed E-state index contributed by atoms with van der Waals surface area (Å²) in [5.74, 6) is 0.811. The minimum atomic E-state index is 0.768. The van der Waals surface area contributed by atoms with E-state index in [9.17, 15) is 4.79 Å². The summed E-state index contributed by atoms with van der Waals surface area (Å²) in [7, 11) is 0. The summed E-state index contributed by atoms with van der Waals surface area (Å²) in [6, 6.07) is 0. The summed E-state index contributed by atoms with van der Waals surface area (Å²) in [6.45, 7) is 4.52. The molecule has 102 valence electrons. The summed E-state index contributed by atoms with van der Waals surface area (Å²) < 4.78 is 0. The highest BCUT2D eigenvalue weighted by molar-refractivity contribution is 5.49. The Hall–Kier alpha value is -0.330. The Morgan fingerprint density at radius 2 is 1.35 bits per heavy atom. The summed E-state index contributed by atoms with van der Waals surface area (Å²) in [5.41, 5.74) is 0. The van der Waals surface area contributed by atoms with Crippen molar-refractivity contribution in [3.63, 3.8) is 0 Å². The summed E-state index contributed by atoms with van der Waals surface area (Å²) in [5, 5.41) is 0. The molecule has 0 bridgehead atoms. The minimum absolute atomic E-state index is 0.768. The van der Waals surface area contributed by atoms with Crippen LogP contribution in [-0.2, 0) is 4.79 Å². The van der Waals surface area contributed by atoms with E-state index in [2.05, 4.69) is 13.8 Å². The molecule has 1 unspecified atom stereocenters. The Bertz CT molecular complexity index is 154. The SMILES string of the molecule is CCCCCCCCC(CCC=O)CCCC. The normalized spacial score (nSPS) is 12.6. The maximum absolute atomic E-state index is 10.4. The first kappa shape index (κ1) is 16.7. The zero-order valence-electron chi connectivity index (χ0n) is 12.0. The highest BCUT2D eigenvalue weighted by atomic mass is 16.1. The summed E-state index contributed by atoms with van der Waals surface area (Å²) >= 11 is 0. The first-order chi connectivity index (χ1) is 8.35. The van der Waals surface area contributed by atoms with E-state index in [1.54, 1.807) is 0 Å². The molecule has 0 saturated heterocycles. The largest absolute Gasteiger partial charge is 0.303 e. The molecule has 1 heteroatoms. The number of hydrogen-bond donors (Lipinski definition) is 0. The summed E-state index contributed by atoms with van der Waals surface area (Å²) in [6.07, 6.45) is 16.6. The van der Waals surface area contributed by atoms with Crippen LogP contribution in [0.3, 0.4) is 0 Å². The summed E-state index contributed by atoms with van der Waals surface area (Å²) in [4.78, 5) is 10.4. The molecule has 0 rings (SSSR count). The van der Waals surface area contributed by atoms with Crippen LogP contribution in [0.2, 0.25) is 0 Å². The molecule has 0 amide bonds. The van der Waals surface area contributed by atoms with Crippen LogP contribution in [0.1, 0.15) is 90.9 Å². The van der Waals surface area contributed by atoms with Crippen LogP contribution >= 0.6 is 0 Å². The van der Waals surface area contributed by atoms with Gasteiger partial charge >= 0.3 is 0 Å². The molecule has 0 N–H and O–H groups in total. The smallest absolute Gasteiger partial charge is 0.120 e. The molecular weight excluding hydrogens is 208 g/mol. The van der Waals surface area contributed by atoms with Gasteiger partial charge in [0.1, 0.15) is 6.29 Å². The van der Waals surface area contributed by atoms with Crippen LogP contribution < -0.4 is 0 Å². The second-order valence-electron chi connectivity index (χ2n) is 5.31. The molecule has 1 nitrogen and oxygen atoms in total. The molecule has 0 saturated carbocycles. The van der Waals surface area contributed by atoms with Crippen molar-refractivity contribution >= 4 is 6.29 Å². The average Bonchev–Trinajstić information content (AvgIpc) is 2.35. The van der Waals surface area contributed by atoms with Crippen LogP contribution in [0.4, 0.5) is 0 Å². The second kappa shape index (κ2) is 13.7. The van der Waals surface area contributed by atoms with Gasteiger partial charge in [-0.05, 0) is 12.3 Å². The molecule has 0 aromatic rings. The van der Waals surface area contributed by atoms with Gasteiger partial charge in [-0.15, -0.1) is 0 Å². The fraction of sp³-hybridized carbons (Fsp3) is 0.938. The predicted octanol–water partition coefficient (Wildman–Crippen LogP) is 5.52. The highest BCUT2D eigenvalue weighted by Crippen LogP contribution is 2.21. The van der Waals surface area contributed by atoms with Crippen molar-refractivity contribution in [1.82, 2.24) is 0 Å². The molecule has 0 aliphatic rings. The Labute approximate surface area is 108 Å². The van der Waals surface area contributed by atoms with E-state index in [-0.39, 0.29) is 0 Å². The topological polar surface area (TPSA) is 17.1 Å². The van der Waals surface area contributed by atoms with Gasteiger partial charge < -0.3 is 4.79 Å². The van der Waals surface area contributed by atoms with Gasteiger partial charge in [-0.25, -0.2) is 0 Å². The van der Waals surface area contributed by atoms with Crippen molar-refractivity contribution in [3.8, 4) is 0 Å². The van der Waals surface area contributed by atoms with Gasteiger partial charge in [0, 0.05) is 6.42 Å². The van der Waals surface area contributed by atoms with Crippen molar-refractivity contribution in [2.45, 2.75) is 90.9 Å². The van der Waals surface area contributed by atoms with Gasteiger partial charge in [-0.2, -0.15) is 0 Å². The molecule has 17 heavy (non-hydrogen) atoms. The van der Waals surface area contributed by atoms with Gasteiger partial charge in [0.05, 0.1) is 0 Å². The maximum atomic E-state index is 10.4. The Kier molecular flexibility index (Phi) is 13.5. The van der Waals surface area contributed by atoms with Gasteiger partial charge in [0.15, 0.2) is 0 Å². The zero-order valence-corrected chi connectivity index (χ0v) is 12.0. The van der Waals surface area contributed by atoms with Gasteiger partial charge in [0.2, 0.25) is 0 Å². The molecule has 0 spiro atoms. The fourth-order valence-electron chi connectivity index (χ4n) is 2.44. The lowest BCUT2D eigenvalue weighted by Crippen LogP contribution is -2.01. The molecule has 1 atom stereocenters. The van der Waals surface area contributed by atoms with E-state index in [1.807, 2.05) is 0 Å². The number of rotatable bonds is 13. The van der Waals surface area contributed by atoms with Crippen LogP contribution in [-0.4, -0.2) is 6.29 Å². The average molecular weight is 240 g/mol. The van der Waals surface area contributed by atoms with Crippen molar-refractivity contribution in [1.29, 1.82) is 0 Å². The van der Waals surface area contributed by atoms with Gasteiger partial charge in [-0.1, -0.05) is 78.1 Å². The first-order valence-corrected chi connectivity index (χ1v) is 7.78. The Morgan fingerprint density at radius 1 is 0.765 bits per heavy atom. The van der Waals surface area contributed by atoms with E-state index in [4.69, 9.17) is 0 Å². The van der Waals surface area contributed by atoms with Crippen molar-refractivity contribution in [2.24, 2.45) is 5.92 Å². The molecule has 0 fully saturated rings. The number of hydrogen-bond acceptors (Lipinski definition) is 1. The first-order valence-electron chi connectivity index (χ1n) is 7.78. The van der Waals surface area contributed by atoms with E-state index in [0.717, 1.165) is 25.0 Å². The van der Waals surface area contributed by atoms with Crippen molar-refractivity contribution in [2.75, 3.05) is 0 Å². The fourth-order valence-corrected chi connectivity index (χ4v) is 2.44. The number of unbranched alkanes of at least 4 members (excludes halogenated alkanes) is 6. The molecule has 0 radical (unpaired) electrons. The quantitative estimate of drug-likeness (QED) is 0.306. The lowest BCUT2D eigenvalue weighted by atomic mass is 9.91. The lowest BCUT2D eigenvalue weighted by molar-refractivity contribution is -0.108. The number of carbonyl (C=O) groups is 1. The third kappa shape index (κ3) is 11.9. The third-order valence-electron chi connectivity index (χ3n) is 3.62. The third-order valence-corrected chi connectivity index (χ3v) is 3.62. The second-order valence-corrected chi connectivity index (χ2v) is 5.31. The zero-order chi connectivity index (χ0) is 12.8. The molecule has 0 aliphatic heterocycles. The van der Waals surface area contributed by atoms with Crippen LogP contribution in [0.5, 0.6) is 0 Å². The van der Waals surface area contributed by atoms with Crippen LogP contribution in [0, 0.1) is 5.92 Å². The molecule has 0 aromatic carbocycles. The van der Waals surface area contributed by atoms with Crippen molar-refractivity contribution in [3.05, 3.63) is 0 Å². The Balaban J connectivity index is 3.49. The van der Waals surface area contributed by atoms with E-state index in [1.165, 1.54) is 64.2 Å². The van der Waals surface area contributed by atoms with Gasteiger partial charge in [0.25, 0.3) is 0 Å². The number of aldehydes is 1. The van der Waals surface area contributed by atoms with Gasteiger partial charge in [-0.3, -0.25) is 0 Å². The van der Waals surface area contributed by atoms with E-state index in [0.29, 0.717) is 0 Å². The van der Waals surface area contributed by atoms with Crippen LogP contribution in [0.25, 0.3) is 0 Å². The molecule has 0 aliphatic carbocycles. The lowest BCUT2D eigenvalue weighted by Gasteiger charge is -2.15. The molecular formula is C16H32O. The van der Waals surface area contributed by atoms with E-state index >= 15 is 0 Å². The minimum Gasteiger partial charge on any atom is -0.303 e. The van der Waals surface area contributed by atoms with Crippen molar-refractivity contribution < 1.29 is 4.79 Å².